The summed E-state index contributed by atoms with van der Waals surface area (Å²) in [4.78, 5) is 2.29. The third-order valence-electron chi connectivity index (χ3n) is 3.40. The molecule has 0 spiro atoms. The van der Waals surface area contributed by atoms with Crippen molar-refractivity contribution >= 4 is 0 Å². The second-order valence-corrected chi connectivity index (χ2v) is 6.52. The van der Waals surface area contributed by atoms with Gasteiger partial charge in [0, 0.05) is 30.5 Å². The first-order valence-electron chi connectivity index (χ1n) is 6.74. The van der Waals surface area contributed by atoms with Crippen LogP contribution in [0.25, 0.3) is 0 Å². The Labute approximate surface area is 112 Å². The Morgan fingerprint density at radius 3 is 2.22 bits per heavy atom. The van der Waals surface area contributed by atoms with Gasteiger partial charge in [0.1, 0.15) is 0 Å². The van der Waals surface area contributed by atoms with E-state index in [1.165, 1.54) is 0 Å². The monoisotopic (exact) mass is 253 g/mol. The fourth-order valence-electron chi connectivity index (χ4n) is 2.01. The highest BCUT2D eigenvalue weighted by Gasteiger charge is 2.34. The van der Waals surface area contributed by atoms with Crippen molar-refractivity contribution in [3.05, 3.63) is 0 Å². The van der Waals surface area contributed by atoms with Gasteiger partial charge in [0.2, 0.25) is 0 Å². The van der Waals surface area contributed by atoms with E-state index in [0.717, 1.165) is 26.3 Å². The molecule has 1 aliphatic rings. The highest BCUT2D eigenvalue weighted by molar-refractivity contribution is 5.09. The molecule has 0 aliphatic carbocycles. The summed E-state index contributed by atoms with van der Waals surface area (Å²) in [6.07, 6.45) is 0.104. The van der Waals surface area contributed by atoms with E-state index < -0.39 is 6.10 Å². The molecular weight excluding hydrogens is 226 g/mol. The van der Waals surface area contributed by atoms with Crippen LogP contribution in [0.1, 0.15) is 41.0 Å². The summed E-state index contributed by atoms with van der Waals surface area (Å²) in [5.74, 6) is 6.29. The van der Waals surface area contributed by atoms with Crippen molar-refractivity contribution in [2.75, 3.05) is 26.3 Å². The van der Waals surface area contributed by atoms with Gasteiger partial charge < -0.3 is 9.84 Å². The summed E-state index contributed by atoms with van der Waals surface area (Å²) in [5.41, 5.74) is -0.237. The van der Waals surface area contributed by atoms with E-state index in [1.807, 2.05) is 0 Å². The molecule has 0 aromatic rings. The van der Waals surface area contributed by atoms with E-state index in [-0.39, 0.29) is 11.0 Å². The fraction of sp³-hybridized carbons (Fsp3) is 0.867. The molecule has 0 aromatic carbocycles. The molecule has 1 atom stereocenters. The molecule has 3 nitrogen and oxygen atoms in total. The summed E-state index contributed by atoms with van der Waals surface area (Å²) >= 11 is 0. The molecule has 1 unspecified atom stereocenters. The maximum atomic E-state index is 10.3. The average Bonchev–Trinajstić information content (AvgIpc) is 2.28. The maximum Gasteiger partial charge on any atom is 0.0827 e. The van der Waals surface area contributed by atoms with Crippen LogP contribution in [0.2, 0.25) is 0 Å². The van der Waals surface area contributed by atoms with E-state index in [4.69, 9.17) is 4.74 Å². The quantitative estimate of drug-likeness (QED) is 0.780. The molecule has 1 rings (SSSR count). The molecule has 0 bridgehead atoms. The number of morpholine rings is 1. The van der Waals surface area contributed by atoms with Crippen molar-refractivity contribution in [3.63, 3.8) is 0 Å². The number of hydrogen-bond acceptors (Lipinski definition) is 3. The SMILES string of the molecule is CC(C)(C)C#CCC(O)C(C)(C)N1CCOCC1. The van der Waals surface area contributed by atoms with Crippen molar-refractivity contribution in [1.29, 1.82) is 0 Å². The van der Waals surface area contributed by atoms with Crippen LogP contribution >= 0.6 is 0 Å². The van der Waals surface area contributed by atoms with Gasteiger partial charge in [0.25, 0.3) is 0 Å². The molecule has 0 amide bonds. The Kier molecular flexibility index (Phi) is 5.21. The Morgan fingerprint density at radius 1 is 1.17 bits per heavy atom. The molecule has 1 aliphatic heterocycles. The molecule has 3 heteroatoms. The van der Waals surface area contributed by atoms with Crippen LogP contribution in [0, 0.1) is 17.3 Å². The average molecular weight is 253 g/mol. The number of ether oxygens (including phenoxy) is 1. The van der Waals surface area contributed by atoms with Crippen molar-refractivity contribution in [3.8, 4) is 11.8 Å². The summed E-state index contributed by atoms with van der Waals surface area (Å²) in [7, 11) is 0. The number of rotatable bonds is 3. The molecule has 0 radical (unpaired) electrons. The zero-order chi connectivity index (χ0) is 13.8. The molecule has 1 heterocycles. The lowest BCUT2D eigenvalue weighted by Crippen LogP contribution is -2.56. The van der Waals surface area contributed by atoms with E-state index in [9.17, 15) is 5.11 Å². The number of nitrogens with zero attached hydrogens (tertiary/aromatic N) is 1. The minimum Gasteiger partial charge on any atom is -0.390 e. The van der Waals surface area contributed by atoms with E-state index in [0.29, 0.717) is 6.42 Å². The van der Waals surface area contributed by atoms with Gasteiger partial charge in [0.05, 0.1) is 19.3 Å². The van der Waals surface area contributed by atoms with Crippen LogP contribution in [0.15, 0.2) is 0 Å². The lowest BCUT2D eigenvalue weighted by atomic mass is 9.91. The Morgan fingerprint density at radius 2 is 1.72 bits per heavy atom. The third kappa shape index (κ3) is 4.61. The van der Waals surface area contributed by atoms with Crippen LogP contribution in [0.5, 0.6) is 0 Å². The van der Waals surface area contributed by atoms with Crippen LogP contribution in [0.3, 0.4) is 0 Å². The van der Waals surface area contributed by atoms with Crippen LogP contribution in [0.4, 0.5) is 0 Å². The first kappa shape index (κ1) is 15.5. The van der Waals surface area contributed by atoms with Gasteiger partial charge in [-0.25, -0.2) is 0 Å². The second kappa shape index (κ2) is 6.06. The molecule has 0 saturated carbocycles. The van der Waals surface area contributed by atoms with Crippen molar-refractivity contribution in [2.24, 2.45) is 5.41 Å². The van der Waals surface area contributed by atoms with E-state index in [1.54, 1.807) is 0 Å². The third-order valence-corrected chi connectivity index (χ3v) is 3.40. The first-order chi connectivity index (χ1) is 8.23. The second-order valence-electron chi connectivity index (χ2n) is 6.52. The zero-order valence-electron chi connectivity index (χ0n) is 12.4. The molecule has 1 fully saturated rings. The lowest BCUT2D eigenvalue weighted by molar-refractivity contribution is -0.0598. The number of aliphatic hydroxyl groups excluding tert-OH is 1. The molecular formula is C15H27NO2. The minimum absolute atomic E-state index is 0.00280. The molecule has 1 saturated heterocycles. The van der Waals surface area contributed by atoms with Gasteiger partial charge in [-0.15, -0.1) is 0 Å². The first-order valence-corrected chi connectivity index (χ1v) is 6.74. The smallest absolute Gasteiger partial charge is 0.0827 e. The van der Waals surface area contributed by atoms with Gasteiger partial charge in [-0.3, -0.25) is 4.90 Å². The van der Waals surface area contributed by atoms with E-state index in [2.05, 4.69) is 51.4 Å². The fourth-order valence-corrected chi connectivity index (χ4v) is 2.01. The predicted molar refractivity (Wildman–Crippen MR) is 74.3 cm³/mol. The van der Waals surface area contributed by atoms with Gasteiger partial charge in [0.15, 0.2) is 0 Å². The standard InChI is InChI=1S/C15H27NO2/c1-14(2,3)8-6-7-13(17)15(4,5)16-9-11-18-12-10-16/h13,17H,7,9-12H2,1-5H3. The maximum absolute atomic E-state index is 10.3. The summed E-state index contributed by atoms with van der Waals surface area (Å²) in [5, 5.41) is 10.3. The normalized spacial score (nSPS) is 20.1. The van der Waals surface area contributed by atoms with Gasteiger partial charge >= 0.3 is 0 Å². The molecule has 0 aromatic heterocycles. The molecule has 18 heavy (non-hydrogen) atoms. The van der Waals surface area contributed by atoms with Crippen LogP contribution in [-0.2, 0) is 4.74 Å². The highest BCUT2D eigenvalue weighted by Crippen LogP contribution is 2.22. The Hall–Kier alpha value is -0.560. The van der Waals surface area contributed by atoms with Crippen molar-refractivity contribution < 1.29 is 9.84 Å². The summed E-state index contributed by atoms with van der Waals surface area (Å²) in [6, 6.07) is 0. The topological polar surface area (TPSA) is 32.7 Å². The molecule has 104 valence electrons. The highest BCUT2D eigenvalue weighted by atomic mass is 16.5. The molecule has 1 N–H and O–H groups in total. The van der Waals surface area contributed by atoms with Crippen LogP contribution < -0.4 is 0 Å². The van der Waals surface area contributed by atoms with Gasteiger partial charge in [-0.05, 0) is 34.6 Å². The van der Waals surface area contributed by atoms with Crippen LogP contribution in [-0.4, -0.2) is 48.0 Å². The zero-order valence-corrected chi connectivity index (χ0v) is 12.4. The Balaban J connectivity index is 2.57. The Bertz CT molecular complexity index is 314. The van der Waals surface area contributed by atoms with Crippen molar-refractivity contribution in [2.45, 2.75) is 52.7 Å². The summed E-state index contributed by atoms with van der Waals surface area (Å²) < 4.78 is 5.35. The lowest BCUT2D eigenvalue weighted by Gasteiger charge is -2.43. The minimum atomic E-state index is -0.426. The van der Waals surface area contributed by atoms with Gasteiger partial charge in [-0.2, -0.15) is 0 Å². The largest absolute Gasteiger partial charge is 0.390 e. The summed E-state index contributed by atoms with van der Waals surface area (Å²) in [6.45, 7) is 13.7. The van der Waals surface area contributed by atoms with Gasteiger partial charge in [-0.1, -0.05) is 11.8 Å². The number of aliphatic hydroxyl groups is 1. The van der Waals surface area contributed by atoms with E-state index >= 15 is 0 Å². The van der Waals surface area contributed by atoms with Crippen molar-refractivity contribution in [1.82, 2.24) is 4.90 Å². The number of hydrogen-bond donors (Lipinski definition) is 1. The predicted octanol–water partition coefficient (Wildman–Crippen LogP) is 1.90.